The van der Waals surface area contributed by atoms with Crippen molar-refractivity contribution in [2.75, 3.05) is 18.1 Å². The first kappa shape index (κ1) is 22.7. The summed E-state index contributed by atoms with van der Waals surface area (Å²) in [5.74, 6) is 0.280. The van der Waals surface area contributed by atoms with Crippen LogP contribution in [-0.2, 0) is 9.84 Å². The fourth-order valence-corrected chi connectivity index (χ4v) is 6.65. The molecule has 178 valence electrons. The van der Waals surface area contributed by atoms with Crippen LogP contribution >= 0.6 is 11.6 Å². The lowest BCUT2D eigenvalue weighted by Crippen LogP contribution is -2.40. The molecule has 1 amide bonds. The molecule has 8 nitrogen and oxygen atoms in total. The number of nitrogens with zero attached hydrogens (tertiary/aromatic N) is 2. The summed E-state index contributed by atoms with van der Waals surface area (Å²) in [5.41, 5.74) is 2.43. The van der Waals surface area contributed by atoms with E-state index in [1.54, 1.807) is 17.0 Å². The average molecular weight is 502 g/mol. The molecule has 2 unspecified atom stereocenters. The summed E-state index contributed by atoms with van der Waals surface area (Å²) in [6, 6.07) is 11.0. The summed E-state index contributed by atoms with van der Waals surface area (Å²) in [6.07, 6.45) is 1.22. The molecule has 0 bridgehead atoms. The quantitative estimate of drug-likeness (QED) is 0.528. The molecule has 3 aromatic rings. The summed E-state index contributed by atoms with van der Waals surface area (Å²) in [5, 5.41) is 18.1. The van der Waals surface area contributed by atoms with Gasteiger partial charge in [-0.15, -0.1) is 0 Å². The SMILES string of the molecule is CCCOc1cccc(C2c3c(-c4cc(Cl)ccc4O)n[nH]c3C(=O)N2C2CCS(=O)(=O)C2)c1. The van der Waals surface area contributed by atoms with Gasteiger partial charge in [0.15, 0.2) is 9.84 Å². The first-order valence-electron chi connectivity index (χ1n) is 11.1. The molecule has 0 saturated carbocycles. The van der Waals surface area contributed by atoms with Crippen LogP contribution in [0.3, 0.4) is 0 Å². The Morgan fingerprint density at radius 3 is 2.82 bits per heavy atom. The van der Waals surface area contributed by atoms with Crippen LogP contribution in [-0.4, -0.2) is 58.7 Å². The van der Waals surface area contributed by atoms with E-state index < -0.39 is 21.9 Å². The molecule has 0 spiro atoms. The fraction of sp³-hybridized carbons (Fsp3) is 0.333. The highest BCUT2D eigenvalue weighted by molar-refractivity contribution is 7.91. The molecule has 5 rings (SSSR count). The number of H-pyrrole nitrogens is 1. The Morgan fingerprint density at radius 2 is 2.09 bits per heavy atom. The molecule has 2 atom stereocenters. The number of ether oxygens (including phenoxy) is 1. The van der Waals surface area contributed by atoms with E-state index in [1.165, 1.54) is 6.07 Å². The van der Waals surface area contributed by atoms with Crippen LogP contribution in [0.4, 0.5) is 0 Å². The minimum absolute atomic E-state index is 0.0215. The molecule has 2 aliphatic rings. The number of aromatic nitrogens is 2. The second-order valence-electron chi connectivity index (χ2n) is 8.62. The standard InChI is InChI=1S/C24H24ClN3O5S/c1-2-9-33-17-5-3-4-14(11-17)23-20-21(18-12-15(25)6-7-19(18)29)26-27-22(20)24(30)28(23)16-8-10-34(31,32)13-16/h3-7,11-12,16,23,29H,2,8-10,13H2,1H3,(H,26,27). The van der Waals surface area contributed by atoms with Crippen LogP contribution < -0.4 is 4.74 Å². The molecule has 1 aromatic heterocycles. The third-order valence-corrected chi connectivity index (χ3v) is 8.25. The maximum Gasteiger partial charge on any atom is 0.273 e. The molecular formula is C24H24ClN3O5S. The van der Waals surface area contributed by atoms with Crippen molar-refractivity contribution < 1.29 is 23.1 Å². The highest BCUT2D eigenvalue weighted by Gasteiger charge is 2.48. The Hall–Kier alpha value is -3.04. The van der Waals surface area contributed by atoms with Crippen LogP contribution in [0.2, 0.25) is 5.02 Å². The van der Waals surface area contributed by atoms with E-state index >= 15 is 0 Å². The predicted octanol–water partition coefficient (Wildman–Crippen LogP) is 3.96. The van der Waals surface area contributed by atoms with Gasteiger partial charge in [0.25, 0.3) is 5.91 Å². The Kier molecular flexibility index (Phi) is 5.77. The molecule has 2 N–H and O–H groups in total. The Balaban J connectivity index is 1.67. The first-order valence-corrected chi connectivity index (χ1v) is 13.3. The normalized spacial score (nSPS) is 21.1. The first-order chi connectivity index (χ1) is 16.3. The second-order valence-corrected chi connectivity index (χ2v) is 11.3. The van der Waals surface area contributed by atoms with Gasteiger partial charge in [-0.3, -0.25) is 9.89 Å². The summed E-state index contributed by atoms with van der Waals surface area (Å²) in [7, 11) is -3.23. The zero-order valence-electron chi connectivity index (χ0n) is 18.5. The second kappa shape index (κ2) is 8.63. The molecule has 1 saturated heterocycles. The van der Waals surface area contributed by atoms with Crippen molar-refractivity contribution in [3.05, 3.63) is 64.3 Å². The van der Waals surface area contributed by atoms with E-state index in [-0.39, 0.29) is 28.9 Å². The van der Waals surface area contributed by atoms with Gasteiger partial charge in [-0.1, -0.05) is 30.7 Å². The highest BCUT2D eigenvalue weighted by atomic mass is 35.5. The van der Waals surface area contributed by atoms with Gasteiger partial charge < -0.3 is 14.7 Å². The lowest BCUT2D eigenvalue weighted by atomic mass is 9.95. The molecule has 3 heterocycles. The Bertz CT molecular complexity index is 1370. The lowest BCUT2D eigenvalue weighted by Gasteiger charge is -2.31. The van der Waals surface area contributed by atoms with Crippen LogP contribution in [0.15, 0.2) is 42.5 Å². The average Bonchev–Trinajstić information content (AvgIpc) is 3.47. The van der Waals surface area contributed by atoms with Crippen molar-refractivity contribution >= 4 is 27.3 Å². The van der Waals surface area contributed by atoms with Crippen molar-refractivity contribution in [2.45, 2.75) is 31.8 Å². The number of amides is 1. The molecule has 2 aromatic carbocycles. The number of aromatic hydroxyl groups is 1. The third-order valence-electron chi connectivity index (χ3n) is 6.27. The van der Waals surface area contributed by atoms with Gasteiger partial charge in [-0.2, -0.15) is 5.10 Å². The van der Waals surface area contributed by atoms with E-state index in [4.69, 9.17) is 16.3 Å². The number of carbonyl (C=O) groups excluding carboxylic acids is 1. The van der Waals surface area contributed by atoms with Crippen LogP contribution in [0.25, 0.3) is 11.3 Å². The number of carbonyl (C=O) groups is 1. The minimum Gasteiger partial charge on any atom is -0.507 e. The number of nitrogens with one attached hydrogen (secondary N) is 1. The lowest BCUT2D eigenvalue weighted by molar-refractivity contribution is 0.0677. The minimum atomic E-state index is -3.23. The maximum atomic E-state index is 13.6. The Labute approximate surface area is 202 Å². The summed E-state index contributed by atoms with van der Waals surface area (Å²) < 4.78 is 30.4. The van der Waals surface area contributed by atoms with Crippen LogP contribution in [0.5, 0.6) is 11.5 Å². The van der Waals surface area contributed by atoms with Crippen LogP contribution in [0, 0.1) is 0 Å². The van der Waals surface area contributed by atoms with E-state index in [0.717, 1.165) is 12.0 Å². The van der Waals surface area contributed by atoms with Gasteiger partial charge in [0.1, 0.15) is 22.9 Å². The predicted molar refractivity (Wildman–Crippen MR) is 128 cm³/mol. The number of hydrogen-bond acceptors (Lipinski definition) is 6. The summed E-state index contributed by atoms with van der Waals surface area (Å²) >= 11 is 6.19. The number of hydrogen-bond donors (Lipinski definition) is 2. The number of aromatic amines is 1. The van der Waals surface area contributed by atoms with Crippen LogP contribution in [0.1, 0.15) is 47.4 Å². The fourth-order valence-electron chi connectivity index (χ4n) is 4.76. The van der Waals surface area contributed by atoms with Crippen molar-refractivity contribution in [1.82, 2.24) is 15.1 Å². The van der Waals surface area contributed by atoms with Crippen molar-refractivity contribution in [1.29, 1.82) is 0 Å². The molecule has 10 heteroatoms. The van der Waals surface area contributed by atoms with Gasteiger partial charge in [0.2, 0.25) is 0 Å². The number of phenols is 1. The largest absolute Gasteiger partial charge is 0.507 e. The maximum absolute atomic E-state index is 13.6. The van der Waals surface area contributed by atoms with Crippen molar-refractivity contribution in [3.63, 3.8) is 0 Å². The number of halogens is 1. The molecule has 0 radical (unpaired) electrons. The zero-order chi connectivity index (χ0) is 24.0. The van der Waals surface area contributed by atoms with Gasteiger partial charge in [-0.05, 0) is 48.7 Å². The zero-order valence-corrected chi connectivity index (χ0v) is 20.1. The van der Waals surface area contributed by atoms with E-state index in [9.17, 15) is 18.3 Å². The summed E-state index contributed by atoms with van der Waals surface area (Å²) in [4.78, 5) is 15.2. The highest BCUT2D eigenvalue weighted by Crippen LogP contribution is 2.47. The molecule has 0 aliphatic carbocycles. The monoisotopic (exact) mass is 501 g/mol. The molecule has 1 fully saturated rings. The van der Waals surface area contributed by atoms with Gasteiger partial charge >= 0.3 is 0 Å². The molecular weight excluding hydrogens is 478 g/mol. The third kappa shape index (κ3) is 3.92. The van der Waals surface area contributed by atoms with Gasteiger partial charge in [-0.25, -0.2) is 8.42 Å². The van der Waals surface area contributed by atoms with E-state index in [1.807, 2.05) is 31.2 Å². The molecule has 34 heavy (non-hydrogen) atoms. The van der Waals surface area contributed by atoms with Gasteiger partial charge in [0.05, 0.1) is 24.2 Å². The smallest absolute Gasteiger partial charge is 0.273 e. The number of sulfone groups is 1. The number of rotatable bonds is 6. The number of fused-ring (bicyclic) bond motifs is 1. The van der Waals surface area contributed by atoms with E-state index in [2.05, 4.69) is 10.2 Å². The van der Waals surface area contributed by atoms with Crippen molar-refractivity contribution in [3.8, 4) is 22.8 Å². The van der Waals surface area contributed by atoms with Crippen molar-refractivity contribution in [2.24, 2.45) is 0 Å². The number of benzene rings is 2. The Morgan fingerprint density at radius 1 is 1.26 bits per heavy atom. The van der Waals surface area contributed by atoms with Gasteiger partial charge in [0, 0.05) is 22.2 Å². The molecule has 2 aliphatic heterocycles. The number of phenolic OH excluding ortho intramolecular Hbond substituents is 1. The summed E-state index contributed by atoms with van der Waals surface area (Å²) in [6.45, 7) is 2.57. The topological polar surface area (TPSA) is 113 Å². The van der Waals surface area contributed by atoms with E-state index in [0.29, 0.717) is 40.6 Å².